The zero-order valence-corrected chi connectivity index (χ0v) is 13.7. The molecule has 1 aliphatic rings. The third-order valence-corrected chi connectivity index (χ3v) is 4.30. The zero-order valence-electron chi connectivity index (χ0n) is 13.7. The first-order chi connectivity index (χ1) is 11.0. The van der Waals surface area contributed by atoms with Crippen molar-refractivity contribution >= 4 is 5.69 Å². The Bertz CT molecular complexity index is 520. The van der Waals surface area contributed by atoms with Crippen molar-refractivity contribution in [2.45, 2.75) is 19.1 Å². The predicted octanol–water partition coefficient (Wildman–Crippen LogP) is 1.28. The summed E-state index contributed by atoms with van der Waals surface area (Å²) in [6, 6.07) is 6.65. The summed E-state index contributed by atoms with van der Waals surface area (Å²) in [5.41, 5.74) is 0.969. The maximum atomic E-state index is 10.9. The van der Waals surface area contributed by atoms with Crippen LogP contribution < -0.4 is 0 Å². The first kappa shape index (κ1) is 17.8. The monoisotopic (exact) mass is 323 g/mol. The molecule has 1 aromatic rings. The van der Waals surface area contributed by atoms with Gasteiger partial charge in [0.2, 0.25) is 0 Å². The molecule has 1 aliphatic heterocycles. The molecule has 0 bridgehead atoms. The second-order valence-electron chi connectivity index (χ2n) is 6.03. The van der Waals surface area contributed by atoms with Crippen molar-refractivity contribution in [3.8, 4) is 0 Å². The Morgan fingerprint density at radius 2 is 2.13 bits per heavy atom. The average Bonchev–Trinajstić information content (AvgIpc) is 2.55. The molecule has 1 aromatic carbocycles. The molecule has 0 aromatic heterocycles. The molecular formula is C16H25N3O4. The Balaban J connectivity index is 1.89. The molecule has 2 atom stereocenters. The fraction of sp³-hybridized carbons (Fsp3) is 0.625. The standard InChI is InChI=1S/C16H25N3O4/c1-13(14-4-3-5-15(10-14)19(21)22)17(2)11-16(20)12-18-6-8-23-9-7-18/h3-5,10,13,16,20H,6-9,11-12H2,1-2H3. The van der Waals surface area contributed by atoms with Gasteiger partial charge in [-0.15, -0.1) is 0 Å². The number of hydrogen-bond acceptors (Lipinski definition) is 6. The van der Waals surface area contributed by atoms with E-state index in [-0.39, 0.29) is 16.7 Å². The van der Waals surface area contributed by atoms with E-state index in [1.165, 1.54) is 6.07 Å². The summed E-state index contributed by atoms with van der Waals surface area (Å²) in [5.74, 6) is 0. The molecule has 7 heteroatoms. The van der Waals surface area contributed by atoms with Crippen LogP contribution in [0.5, 0.6) is 0 Å². The van der Waals surface area contributed by atoms with E-state index in [1.54, 1.807) is 12.1 Å². The van der Waals surface area contributed by atoms with Crippen molar-refractivity contribution < 1.29 is 14.8 Å². The SMILES string of the molecule is CC(c1cccc([N+](=O)[O-])c1)N(C)CC(O)CN1CCOCC1. The van der Waals surface area contributed by atoms with Gasteiger partial charge in [-0.25, -0.2) is 0 Å². The topological polar surface area (TPSA) is 79.1 Å². The van der Waals surface area contributed by atoms with Crippen molar-refractivity contribution in [2.24, 2.45) is 0 Å². The third kappa shape index (κ3) is 5.24. The first-order valence-electron chi connectivity index (χ1n) is 7.90. The fourth-order valence-electron chi connectivity index (χ4n) is 2.78. The van der Waals surface area contributed by atoms with Crippen LogP contribution in [-0.4, -0.2) is 72.4 Å². The number of rotatable bonds is 7. The lowest BCUT2D eigenvalue weighted by Crippen LogP contribution is -2.44. The van der Waals surface area contributed by atoms with Crippen LogP contribution in [0.25, 0.3) is 0 Å². The predicted molar refractivity (Wildman–Crippen MR) is 87.4 cm³/mol. The number of nitro groups is 1. The minimum absolute atomic E-state index is 0.00533. The number of non-ortho nitro benzene ring substituents is 1. The number of hydrogen-bond donors (Lipinski definition) is 1. The minimum Gasteiger partial charge on any atom is -0.390 e. The maximum absolute atomic E-state index is 10.9. The second kappa shape index (κ2) is 8.35. The van der Waals surface area contributed by atoms with E-state index in [2.05, 4.69) is 4.90 Å². The summed E-state index contributed by atoms with van der Waals surface area (Å²) >= 11 is 0. The van der Waals surface area contributed by atoms with Gasteiger partial charge in [0, 0.05) is 44.4 Å². The van der Waals surface area contributed by atoms with Crippen LogP contribution in [0.3, 0.4) is 0 Å². The van der Waals surface area contributed by atoms with Gasteiger partial charge in [-0.05, 0) is 19.5 Å². The van der Waals surface area contributed by atoms with Crippen molar-refractivity contribution in [2.75, 3.05) is 46.4 Å². The summed E-state index contributed by atoms with van der Waals surface area (Å²) in [4.78, 5) is 14.7. The van der Waals surface area contributed by atoms with E-state index < -0.39 is 6.10 Å². The van der Waals surface area contributed by atoms with E-state index in [9.17, 15) is 15.2 Å². The van der Waals surface area contributed by atoms with Gasteiger partial charge in [-0.2, -0.15) is 0 Å². The van der Waals surface area contributed by atoms with Crippen LogP contribution >= 0.6 is 0 Å². The molecule has 1 saturated heterocycles. The highest BCUT2D eigenvalue weighted by molar-refractivity contribution is 5.35. The molecule has 1 fully saturated rings. The molecule has 1 N–H and O–H groups in total. The van der Waals surface area contributed by atoms with Gasteiger partial charge in [0.25, 0.3) is 5.69 Å². The van der Waals surface area contributed by atoms with E-state index >= 15 is 0 Å². The number of β-amino-alcohol motifs (C(OH)–C–C–N with tert-alkyl or cyclic N) is 1. The highest BCUT2D eigenvalue weighted by Gasteiger charge is 2.20. The molecule has 0 spiro atoms. The van der Waals surface area contributed by atoms with Crippen LogP contribution in [-0.2, 0) is 4.74 Å². The van der Waals surface area contributed by atoms with E-state index in [0.717, 1.165) is 18.7 Å². The number of aliphatic hydroxyl groups excluding tert-OH is 1. The lowest BCUT2D eigenvalue weighted by molar-refractivity contribution is -0.384. The molecule has 7 nitrogen and oxygen atoms in total. The quantitative estimate of drug-likeness (QED) is 0.601. The smallest absolute Gasteiger partial charge is 0.269 e. The molecule has 0 aliphatic carbocycles. The molecule has 1 heterocycles. The average molecular weight is 323 g/mol. The number of morpholine rings is 1. The Morgan fingerprint density at radius 1 is 1.43 bits per heavy atom. The van der Waals surface area contributed by atoms with Gasteiger partial charge in [0.1, 0.15) is 0 Å². The fourth-order valence-corrected chi connectivity index (χ4v) is 2.78. The highest BCUT2D eigenvalue weighted by Crippen LogP contribution is 2.23. The number of nitro benzene ring substituents is 1. The van der Waals surface area contributed by atoms with E-state index in [4.69, 9.17) is 4.74 Å². The summed E-state index contributed by atoms with van der Waals surface area (Å²) in [6.45, 7) is 6.25. The number of ether oxygens (including phenoxy) is 1. The van der Waals surface area contributed by atoms with Crippen LogP contribution in [0.2, 0.25) is 0 Å². The molecule has 0 amide bonds. The lowest BCUT2D eigenvalue weighted by atomic mass is 10.1. The number of nitrogens with zero attached hydrogens (tertiary/aromatic N) is 3. The molecule has 0 radical (unpaired) electrons. The molecule has 23 heavy (non-hydrogen) atoms. The van der Waals surface area contributed by atoms with E-state index in [0.29, 0.717) is 26.3 Å². The molecular weight excluding hydrogens is 298 g/mol. The van der Waals surface area contributed by atoms with Gasteiger partial charge in [0.05, 0.1) is 24.2 Å². The van der Waals surface area contributed by atoms with Crippen LogP contribution in [0, 0.1) is 10.1 Å². The van der Waals surface area contributed by atoms with Crippen LogP contribution in [0.1, 0.15) is 18.5 Å². The normalized spacial score (nSPS) is 18.8. The Hall–Kier alpha value is -1.54. The van der Waals surface area contributed by atoms with E-state index in [1.807, 2.05) is 24.9 Å². The second-order valence-corrected chi connectivity index (χ2v) is 6.03. The molecule has 2 rings (SSSR count). The highest BCUT2D eigenvalue weighted by atomic mass is 16.6. The number of benzene rings is 1. The summed E-state index contributed by atoms with van der Waals surface area (Å²) in [7, 11) is 1.92. The van der Waals surface area contributed by atoms with Gasteiger partial charge < -0.3 is 9.84 Å². The summed E-state index contributed by atoms with van der Waals surface area (Å²) in [5, 5.41) is 21.2. The van der Waals surface area contributed by atoms with Gasteiger partial charge in [-0.1, -0.05) is 12.1 Å². The van der Waals surface area contributed by atoms with Gasteiger partial charge >= 0.3 is 0 Å². The van der Waals surface area contributed by atoms with Crippen LogP contribution in [0.4, 0.5) is 5.69 Å². The maximum Gasteiger partial charge on any atom is 0.269 e. The van der Waals surface area contributed by atoms with Crippen molar-refractivity contribution in [1.29, 1.82) is 0 Å². The Kier molecular flexibility index (Phi) is 6.47. The lowest BCUT2D eigenvalue weighted by Gasteiger charge is -2.32. The molecule has 128 valence electrons. The molecule has 0 saturated carbocycles. The van der Waals surface area contributed by atoms with Gasteiger partial charge in [-0.3, -0.25) is 19.9 Å². The zero-order chi connectivity index (χ0) is 16.8. The Labute approximate surface area is 136 Å². The van der Waals surface area contributed by atoms with Gasteiger partial charge in [0.15, 0.2) is 0 Å². The minimum atomic E-state index is -0.459. The van der Waals surface area contributed by atoms with Crippen molar-refractivity contribution in [3.05, 3.63) is 39.9 Å². The number of aliphatic hydroxyl groups is 1. The van der Waals surface area contributed by atoms with Crippen molar-refractivity contribution in [3.63, 3.8) is 0 Å². The summed E-state index contributed by atoms with van der Waals surface area (Å²) in [6.07, 6.45) is -0.459. The largest absolute Gasteiger partial charge is 0.390 e. The first-order valence-corrected chi connectivity index (χ1v) is 7.90. The molecule has 2 unspecified atom stereocenters. The Morgan fingerprint density at radius 3 is 2.78 bits per heavy atom. The number of likely N-dealkylation sites (N-methyl/N-ethyl adjacent to an activating group) is 1. The van der Waals surface area contributed by atoms with Crippen molar-refractivity contribution in [1.82, 2.24) is 9.80 Å². The third-order valence-electron chi connectivity index (χ3n) is 4.30. The van der Waals surface area contributed by atoms with Crippen LogP contribution in [0.15, 0.2) is 24.3 Å². The summed E-state index contributed by atoms with van der Waals surface area (Å²) < 4.78 is 5.30.